The standard InChI is InChI=1S/C38H35N5O4S2/c1-3-4-5-10-22-47-28-19-17-26(18-20-28)33-31(34(44)32-24(2)39-30-16-8-9-21-42(30)32)35(45)36(46)43(33)37-40-41-38(49-37)48-23-27-14-11-13-25-12-6-7-15-29(25)27/h6-9,11-21,33,44H,3-5,10,22-23H2,1-2H3. The number of hydrogen-bond acceptors (Lipinski definition) is 9. The van der Waals surface area contributed by atoms with E-state index in [4.69, 9.17) is 4.74 Å². The molecule has 1 fully saturated rings. The van der Waals surface area contributed by atoms with E-state index in [1.54, 1.807) is 17.5 Å². The van der Waals surface area contributed by atoms with Crippen LogP contribution in [0.15, 0.2) is 101 Å². The number of carbonyl (C=O) groups is 2. The van der Waals surface area contributed by atoms with Crippen LogP contribution in [0.4, 0.5) is 5.13 Å². The van der Waals surface area contributed by atoms with Crippen LogP contribution in [0.3, 0.4) is 0 Å². The first-order valence-corrected chi connectivity index (χ1v) is 18.2. The molecule has 11 heteroatoms. The molecule has 0 bridgehead atoms. The lowest BCUT2D eigenvalue weighted by Crippen LogP contribution is -2.29. The average molecular weight is 690 g/mol. The quantitative estimate of drug-likeness (QED) is 0.0340. The Balaban J connectivity index is 1.24. The van der Waals surface area contributed by atoms with Crippen molar-refractivity contribution >= 4 is 62.1 Å². The van der Waals surface area contributed by atoms with Gasteiger partial charge in [-0.05, 0) is 59.5 Å². The molecule has 9 nitrogen and oxygen atoms in total. The number of anilines is 1. The van der Waals surface area contributed by atoms with Crippen molar-refractivity contribution in [1.29, 1.82) is 0 Å². The first-order chi connectivity index (χ1) is 23.9. The number of pyridine rings is 1. The topological polar surface area (TPSA) is 110 Å². The molecule has 6 aromatic rings. The first kappa shape index (κ1) is 32.5. The molecule has 1 N–H and O–H groups in total. The maximum Gasteiger partial charge on any atom is 0.301 e. The fourth-order valence-electron chi connectivity index (χ4n) is 6.25. The number of fused-ring (bicyclic) bond motifs is 2. The number of aliphatic hydroxyl groups excluding tert-OH is 1. The summed E-state index contributed by atoms with van der Waals surface area (Å²) in [4.78, 5) is 33.7. The molecule has 0 saturated carbocycles. The van der Waals surface area contributed by atoms with Crippen molar-refractivity contribution in [1.82, 2.24) is 19.6 Å². The minimum atomic E-state index is -0.948. The lowest BCUT2D eigenvalue weighted by atomic mass is 9.96. The van der Waals surface area contributed by atoms with Gasteiger partial charge < -0.3 is 9.84 Å². The van der Waals surface area contributed by atoms with Gasteiger partial charge in [-0.15, -0.1) is 10.2 Å². The molecule has 1 saturated heterocycles. The van der Waals surface area contributed by atoms with Gasteiger partial charge in [-0.3, -0.25) is 18.9 Å². The summed E-state index contributed by atoms with van der Waals surface area (Å²) in [5.41, 5.74) is 3.26. The van der Waals surface area contributed by atoms with E-state index in [1.807, 2.05) is 60.7 Å². The molecule has 3 aromatic heterocycles. The minimum absolute atomic E-state index is 0.0351. The average Bonchev–Trinajstić information content (AvgIpc) is 3.80. The third kappa shape index (κ3) is 6.43. The predicted octanol–water partition coefficient (Wildman–Crippen LogP) is 8.53. The molecule has 1 atom stereocenters. The number of aromatic nitrogens is 4. The van der Waals surface area contributed by atoms with Gasteiger partial charge in [-0.1, -0.05) is 110 Å². The highest BCUT2D eigenvalue weighted by atomic mass is 32.2. The number of aryl methyl sites for hydroxylation is 1. The van der Waals surface area contributed by atoms with Gasteiger partial charge in [0, 0.05) is 11.9 Å². The van der Waals surface area contributed by atoms with Crippen LogP contribution >= 0.6 is 23.1 Å². The lowest BCUT2D eigenvalue weighted by Gasteiger charge is -2.22. The Bertz CT molecular complexity index is 2180. The number of amides is 1. The van der Waals surface area contributed by atoms with Crippen LogP contribution in [0.25, 0.3) is 22.2 Å². The molecule has 1 unspecified atom stereocenters. The third-order valence-electron chi connectivity index (χ3n) is 8.67. The third-order valence-corrected chi connectivity index (χ3v) is 10.8. The second kappa shape index (κ2) is 14.2. The van der Waals surface area contributed by atoms with Crippen molar-refractivity contribution in [3.63, 3.8) is 0 Å². The number of rotatable bonds is 12. The van der Waals surface area contributed by atoms with Crippen LogP contribution in [-0.2, 0) is 15.3 Å². The molecular weight excluding hydrogens is 655 g/mol. The van der Waals surface area contributed by atoms with Crippen LogP contribution in [0, 0.1) is 6.92 Å². The maximum absolute atomic E-state index is 13.9. The molecule has 3 aromatic carbocycles. The van der Waals surface area contributed by atoms with Crippen LogP contribution < -0.4 is 9.64 Å². The summed E-state index contributed by atoms with van der Waals surface area (Å²) in [5.74, 6) is -0.530. The van der Waals surface area contributed by atoms with E-state index in [9.17, 15) is 14.7 Å². The van der Waals surface area contributed by atoms with Gasteiger partial charge in [-0.2, -0.15) is 0 Å². The number of unbranched alkanes of at least 4 members (excludes halogenated alkanes) is 3. The number of hydrogen-bond donors (Lipinski definition) is 1. The number of nitrogens with zero attached hydrogens (tertiary/aromatic N) is 5. The Morgan fingerprint density at radius 1 is 0.939 bits per heavy atom. The molecule has 0 aliphatic carbocycles. The van der Waals surface area contributed by atoms with E-state index in [2.05, 4.69) is 46.4 Å². The van der Waals surface area contributed by atoms with Gasteiger partial charge in [0.05, 0.1) is 23.9 Å². The van der Waals surface area contributed by atoms with Crippen LogP contribution in [0.5, 0.6) is 5.75 Å². The molecule has 1 aliphatic heterocycles. The van der Waals surface area contributed by atoms with Crippen molar-refractivity contribution in [2.24, 2.45) is 0 Å². The van der Waals surface area contributed by atoms with Crippen LogP contribution in [-0.4, -0.2) is 43.0 Å². The summed E-state index contributed by atoms with van der Waals surface area (Å²) in [7, 11) is 0. The van der Waals surface area contributed by atoms with Gasteiger partial charge in [0.15, 0.2) is 10.1 Å². The SMILES string of the molecule is CCCCCCOc1ccc(C2C(=C(O)c3c(C)nc4ccccn34)C(=O)C(=O)N2c2nnc(SCc3cccc4ccccc34)s2)cc1. The molecule has 0 spiro atoms. The van der Waals surface area contributed by atoms with E-state index in [0.29, 0.717) is 45.0 Å². The summed E-state index contributed by atoms with van der Waals surface area (Å²) >= 11 is 2.77. The largest absolute Gasteiger partial charge is 0.505 e. The summed E-state index contributed by atoms with van der Waals surface area (Å²) in [5, 5.41) is 23.3. The number of benzene rings is 3. The first-order valence-electron chi connectivity index (χ1n) is 16.4. The number of imidazole rings is 1. The number of aliphatic hydroxyl groups is 1. The fourth-order valence-corrected chi connectivity index (χ4v) is 8.12. The smallest absolute Gasteiger partial charge is 0.301 e. The van der Waals surface area contributed by atoms with Crippen LogP contribution in [0.2, 0.25) is 0 Å². The zero-order chi connectivity index (χ0) is 33.9. The number of Topliss-reactive ketones (excluding diaryl/α,β-unsaturated/α-hetero) is 1. The van der Waals surface area contributed by atoms with Crippen molar-refractivity contribution in [3.05, 3.63) is 119 Å². The van der Waals surface area contributed by atoms with Crippen LogP contribution in [0.1, 0.15) is 61.2 Å². The van der Waals surface area contributed by atoms with E-state index in [-0.39, 0.29) is 16.5 Å². The Hall–Kier alpha value is -5.00. The predicted molar refractivity (Wildman–Crippen MR) is 194 cm³/mol. The number of thioether (sulfide) groups is 1. The zero-order valence-electron chi connectivity index (χ0n) is 27.2. The molecule has 1 amide bonds. The Kier molecular flexibility index (Phi) is 9.45. The molecular formula is C38H35N5O4S2. The molecule has 7 rings (SSSR count). The summed E-state index contributed by atoms with van der Waals surface area (Å²) in [6.07, 6.45) is 6.16. The second-order valence-corrected chi connectivity index (χ2v) is 14.1. The van der Waals surface area contributed by atoms with Gasteiger partial charge in [0.2, 0.25) is 5.13 Å². The lowest BCUT2D eigenvalue weighted by molar-refractivity contribution is -0.132. The summed E-state index contributed by atoms with van der Waals surface area (Å²) in [6, 6.07) is 26.3. The van der Waals surface area contributed by atoms with Crippen molar-refractivity contribution < 1.29 is 19.4 Å². The Morgan fingerprint density at radius 2 is 1.73 bits per heavy atom. The highest BCUT2D eigenvalue weighted by molar-refractivity contribution is 8.00. The Morgan fingerprint density at radius 3 is 2.57 bits per heavy atom. The highest BCUT2D eigenvalue weighted by Crippen LogP contribution is 2.45. The number of ether oxygens (including phenoxy) is 1. The monoisotopic (exact) mass is 689 g/mol. The Labute approximate surface area is 292 Å². The number of ketones is 1. The fraction of sp³-hybridized carbons (Fsp3) is 0.237. The zero-order valence-corrected chi connectivity index (χ0v) is 28.8. The van der Waals surface area contributed by atoms with Gasteiger partial charge >= 0.3 is 5.91 Å². The molecule has 4 heterocycles. The molecule has 49 heavy (non-hydrogen) atoms. The van der Waals surface area contributed by atoms with Crippen molar-refractivity contribution in [2.45, 2.75) is 55.7 Å². The highest BCUT2D eigenvalue weighted by Gasteiger charge is 2.49. The van der Waals surface area contributed by atoms with Crippen molar-refractivity contribution in [2.75, 3.05) is 11.5 Å². The van der Waals surface area contributed by atoms with E-state index in [1.165, 1.54) is 39.8 Å². The van der Waals surface area contributed by atoms with E-state index >= 15 is 0 Å². The van der Waals surface area contributed by atoms with E-state index < -0.39 is 17.7 Å². The molecule has 1 aliphatic rings. The molecule has 248 valence electrons. The van der Waals surface area contributed by atoms with Gasteiger partial charge in [-0.25, -0.2) is 4.98 Å². The van der Waals surface area contributed by atoms with Gasteiger partial charge in [0.25, 0.3) is 5.78 Å². The summed E-state index contributed by atoms with van der Waals surface area (Å²) in [6.45, 7) is 4.55. The maximum atomic E-state index is 13.9. The molecule has 0 radical (unpaired) electrons. The minimum Gasteiger partial charge on any atom is -0.505 e. The van der Waals surface area contributed by atoms with E-state index in [0.717, 1.165) is 30.2 Å². The second-order valence-electron chi connectivity index (χ2n) is 11.9. The number of carbonyl (C=O) groups excluding carboxylic acids is 2. The normalized spacial score (nSPS) is 15.9. The van der Waals surface area contributed by atoms with Crippen molar-refractivity contribution in [3.8, 4) is 5.75 Å². The van der Waals surface area contributed by atoms with Gasteiger partial charge in [0.1, 0.15) is 17.1 Å². The summed E-state index contributed by atoms with van der Waals surface area (Å²) < 4.78 is 8.35.